The van der Waals surface area contributed by atoms with Crippen LogP contribution >= 0.6 is 15.9 Å². The molecule has 0 aliphatic rings. The van der Waals surface area contributed by atoms with E-state index >= 15 is 0 Å². The summed E-state index contributed by atoms with van der Waals surface area (Å²) in [4.78, 5) is 0. The van der Waals surface area contributed by atoms with Crippen LogP contribution in [0.5, 0.6) is 0 Å². The SMILES string of the molecule is COC(CN)c1c(Br)c(C)nn1C. The van der Waals surface area contributed by atoms with Gasteiger partial charge in [0.15, 0.2) is 0 Å². The molecule has 0 saturated heterocycles. The highest BCUT2D eigenvalue weighted by molar-refractivity contribution is 9.10. The summed E-state index contributed by atoms with van der Waals surface area (Å²) in [7, 11) is 3.53. The minimum absolute atomic E-state index is 0.0967. The molecule has 0 bridgehead atoms. The highest BCUT2D eigenvalue weighted by Crippen LogP contribution is 2.27. The summed E-state index contributed by atoms with van der Waals surface area (Å²) in [5, 5.41) is 4.26. The van der Waals surface area contributed by atoms with Gasteiger partial charge in [0.25, 0.3) is 0 Å². The predicted octanol–water partition coefficient (Wildman–Crippen LogP) is 1.14. The molecule has 0 spiro atoms. The monoisotopic (exact) mass is 247 g/mol. The molecule has 74 valence electrons. The van der Waals surface area contributed by atoms with E-state index in [-0.39, 0.29) is 6.10 Å². The van der Waals surface area contributed by atoms with Crippen molar-refractivity contribution < 1.29 is 4.74 Å². The topological polar surface area (TPSA) is 53.1 Å². The normalized spacial score (nSPS) is 13.3. The van der Waals surface area contributed by atoms with Gasteiger partial charge in [-0.25, -0.2) is 0 Å². The number of aryl methyl sites for hydroxylation is 2. The second-order valence-corrected chi connectivity index (χ2v) is 3.66. The molecule has 4 nitrogen and oxygen atoms in total. The Bertz CT molecular complexity index is 294. The molecule has 1 atom stereocenters. The zero-order valence-corrected chi connectivity index (χ0v) is 9.63. The third kappa shape index (κ3) is 1.92. The van der Waals surface area contributed by atoms with E-state index in [1.165, 1.54) is 0 Å². The molecule has 1 aromatic heterocycles. The van der Waals surface area contributed by atoms with Crippen LogP contribution in [-0.4, -0.2) is 23.4 Å². The van der Waals surface area contributed by atoms with E-state index in [1.807, 2.05) is 14.0 Å². The predicted molar refractivity (Wildman–Crippen MR) is 54.4 cm³/mol. The summed E-state index contributed by atoms with van der Waals surface area (Å²) < 4.78 is 8.02. The van der Waals surface area contributed by atoms with E-state index < -0.39 is 0 Å². The van der Waals surface area contributed by atoms with E-state index in [1.54, 1.807) is 11.8 Å². The molecule has 0 saturated carbocycles. The lowest BCUT2D eigenvalue weighted by Crippen LogP contribution is -2.17. The highest BCUT2D eigenvalue weighted by atomic mass is 79.9. The fourth-order valence-electron chi connectivity index (χ4n) is 1.32. The van der Waals surface area contributed by atoms with E-state index in [0.717, 1.165) is 15.9 Å². The van der Waals surface area contributed by atoms with Crippen LogP contribution in [0.2, 0.25) is 0 Å². The number of ether oxygens (including phenoxy) is 1. The van der Waals surface area contributed by atoms with Crippen LogP contribution in [0.1, 0.15) is 17.5 Å². The zero-order valence-electron chi connectivity index (χ0n) is 8.04. The minimum atomic E-state index is -0.0967. The summed E-state index contributed by atoms with van der Waals surface area (Å²) in [5.74, 6) is 0. The fraction of sp³-hybridized carbons (Fsp3) is 0.625. The molecule has 0 fully saturated rings. The molecule has 2 N–H and O–H groups in total. The van der Waals surface area contributed by atoms with Gasteiger partial charge in [0.2, 0.25) is 0 Å². The second kappa shape index (κ2) is 4.21. The largest absolute Gasteiger partial charge is 0.374 e. The van der Waals surface area contributed by atoms with Gasteiger partial charge in [0.05, 0.1) is 15.9 Å². The first-order valence-electron chi connectivity index (χ1n) is 4.03. The summed E-state index contributed by atoms with van der Waals surface area (Å²) in [6.45, 7) is 2.39. The van der Waals surface area contributed by atoms with Gasteiger partial charge in [-0.15, -0.1) is 0 Å². The first-order chi connectivity index (χ1) is 6.11. The van der Waals surface area contributed by atoms with Crippen molar-refractivity contribution in [2.75, 3.05) is 13.7 Å². The molecular weight excluding hydrogens is 234 g/mol. The number of nitrogens with zero attached hydrogens (tertiary/aromatic N) is 2. The fourth-order valence-corrected chi connectivity index (χ4v) is 1.91. The smallest absolute Gasteiger partial charge is 0.112 e. The Morgan fingerprint density at radius 2 is 2.31 bits per heavy atom. The van der Waals surface area contributed by atoms with Crippen molar-refractivity contribution in [2.24, 2.45) is 12.8 Å². The van der Waals surface area contributed by atoms with Crippen LogP contribution in [0, 0.1) is 6.92 Å². The number of aromatic nitrogens is 2. The maximum absolute atomic E-state index is 5.58. The van der Waals surface area contributed by atoms with Crippen molar-refractivity contribution in [2.45, 2.75) is 13.0 Å². The van der Waals surface area contributed by atoms with Crippen LogP contribution in [0.25, 0.3) is 0 Å². The van der Waals surface area contributed by atoms with Gasteiger partial charge in [-0.1, -0.05) is 0 Å². The lowest BCUT2D eigenvalue weighted by atomic mass is 10.2. The Balaban J connectivity index is 3.11. The van der Waals surface area contributed by atoms with Gasteiger partial charge in [-0.05, 0) is 22.9 Å². The van der Waals surface area contributed by atoms with Crippen molar-refractivity contribution in [3.63, 3.8) is 0 Å². The summed E-state index contributed by atoms with van der Waals surface area (Å²) >= 11 is 3.46. The first-order valence-corrected chi connectivity index (χ1v) is 4.83. The Morgan fingerprint density at radius 3 is 2.62 bits per heavy atom. The highest BCUT2D eigenvalue weighted by Gasteiger charge is 2.18. The van der Waals surface area contributed by atoms with Crippen LogP contribution < -0.4 is 5.73 Å². The second-order valence-electron chi connectivity index (χ2n) is 2.87. The molecule has 0 radical (unpaired) electrons. The van der Waals surface area contributed by atoms with Crippen molar-refractivity contribution in [1.29, 1.82) is 0 Å². The van der Waals surface area contributed by atoms with Gasteiger partial charge in [0.1, 0.15) is 6.10 Å². The quantitative estimate of drug-likeness (QED) is 0.872. The lowest BCUT2D eigenvalue weighted by molar-refractivity contribution is 0.103. The molecule has 1 heterocycles. The van der Waals surface area contributed by atoms with Crippen LogP contribution in [0.3, 0.4) is 0 Å². The van der Waals surface area contributed by atoms with Gasteiger partial charge in [0, 0.05) is 20.7 Å². The van der Waals surface area contributed by atoms with Gasteiger partial charge < -0.3 is 10.5 Å². The summed E-state index contributed by atoms with van der Waals surface area (Å²) in [5.41, 5.74) is 7.52. The molecule has 0 aliphatic heterocycles. The first kappa shape index (κ1) is 10.7. The Morgan fingerprint density at radius 1 is 1.69 bits per heavy atom. The number of rotatable bonds is 3. The van der Waals surface area contributed by atoms with Crippen molar-refractivity contribution >= 4 is 15.9 Å². The minimum Gasteiger partial charge on any atom is -0.374 e. The van der Waals surface area contributed by atoms with Gasteiger partial charge >= 0.3 is 0 Å². The summed E-state index contributed by atoms with van der Waals surface area (Å²) in [6, 6.07) is 0. The van der Waals surface area contributed by atoms with Gasteiger partial charge in [-0.3, -0.25) is 4.68 Å². The maximum atomic E-state index is 5.58. The Labute approximate surface area is 86.2 Å². The number of halogens is 1. The van der Waals surface area contributed by atoms with Gasteiger partial charge in [-0.2, -0.15) is 5.10 Å². The molecule has 0 aliphatic carbocycles. The third-order valence-corrected chi connectivity index (χ3v) is 2.97. The van der Waals surface area contributed by atoms with Crippen LogP contribution in [0.4, 0.5) is 0 Å². The van der Waals surface area contributed by atoms with E-state index in [2.05, 4.69) is 21.0 Å². The number of hydrogen-bond acceptors (Lipinski definition) is 3. The molecule has 1 unspecified atom stereocenters. The average Bonchev–Trinajstić information content (AvgIpc) is 2.34. The number of nitrogens with two attached hydrogens (primary N) is 1. The van der Waals surface area contributed by atoms with Crippen molar-refractivity contribution in [1.82, 2.24) is 9.78 Å². The van der Waals surface area contributed by atoms with E-state index in [0.29, 0.717) is 6.54 Å². The Kier molecular flexibility index (Phi) is 3.47. The Hall–Kier alpha value is -0.390. The number of hydrogen-bond donors (Lipinski definition) is 1. The molecule has 0 aromatic carbocycles. The molecule has 1 rings (SSSR count). The van der Waals surface area contributed by atoms with Crippen LogP contribution in [-0.2, 0) is 11.8 Å². The average molecular weight is 248 g/mol. The number of methoxy groups -OCH3 is 1. The maximum Gasteiger partial charge on any atom is 0.112 e. The van der Waals surface area contributed by atoms with E-state index in [9.17, 15) is 0 Å². The molecule has 0 amide bonds. The zero-order chi connectivity index (χ0) is 10.0. The summed E-state index contributed by atoms with van der Waals surface area (Å²) in [6.07, 6.45) is -0.0967. The lowest BCUT2D eigenvalue weighted by Gasteiger charge is -2.13. The van der Waals surface area contributed by atoms with Crippen molar-refractivity contribution in [3.8, 4) is 0 Å². The third-order valence-electron chi connectivity index (χ3n) is 1.99. The van der Waals surface area contributed by atoms with E-state index in [4.69, 9.17) is 10.5 Å². The van der Waals surface area contributed by atoms with Crippen molar-refractivity contribution in [3.05, 3.63) is 15.9 Å². The van der Waals surface area contributed by atoms with Crippen LogP contribution in [0.15, 0.2) is 4.47 Å². The molecular formula is C8H14BrN3O. The molecule has 1 aromatic rings. The standard InChI is InChI=1S/C8H14BrN3O/c1-5-7(9)8(12(2)11-5)6(4-10)13-3/h6H,4,10H2,1-3H3. The molecule has 5 heteroatoms. The molecule has 13 heavy (non-hydrogen) atoms.